The lowest BCUT2D eigenvalue weighted by atomic mass is 9.93. The van der Waals surface area contributed by atoms with E-state index >= 15 is 0 Å². The first kappa shape index (κ1) is 18.2. The van der Waals surface area contributed by atoms with Crippen LogP contribution < -0.4 is 5.73 Å². The van der Waals surface area contributed by atoms with Gasteiger partial charge in [0.25, 0.3) is 0 Å². The van der Waals surface area contributed by atoms with E-state index in [1.54, 1.807) is 4.31 Å². The Kier molecular flexibility index (Phi) is 6.61. The largest absolute Gasteiger partial charge is 0.329 e. The molecule has 4 nitrogen and oxygen atoms in total. The summed E-state index contributed by atoms with van der Waals surface area (Å²) in [6, 6.07) is -0.0175. The number of nitrogens with zero attached hydrogens (tertiary/aromatic N) is 1. The zero-order valence-corrected chi connectivity index (χ0v) is 13.5. The molecule has 1 aliphatic rings. The maximum atomic E-state index is 12.4. The Labute approximate surface area is 118 Å². The average molecular weight is 299 g/mol. The van der Waals surface area contributed by atoms with Crippen LogP contribution in [0, 0.1) is 11.3 Å². The van der Waals surface area contributed by atoms with Crippen molar-refractivity contribution in [1.82, 2.24) is 4.31 Å². The van der Waals surface area contributed by atoms with Crippen LogP contribution in [-0.2, 0) is 10.0 Å². The van der Waals surface area contributed by atoms with E-state index in [-0.39, 0.29) is 29.6 Å². The Morgan fingerprint density at radius 3 is 2.33 bits per heavy atom. The number of hydrogen-bond acceptors (Lipinski definition) is 3. The molecule has 0 aromatic rings. The molecule has 2 unspecified atom stereocenters. The summed E-state index contributed by atoms with van der Waals surface area (Å²) in [6.45, 7) is 9.01. The molecule has 6 heteroatoms. The second-order valence-corrected chi connectivity index (χ2v) is 8.27. The second kappa shape index (κ2) is 6.55. The summed E-state index contributed by atoms with van der Waals surface area (Å²) in [7, 11) is -3.18. The smallest absolute Gasteiger partial charge is 0.214 e. The number of hydrogen-bond donors (Lipinski definition) is 1. The van der Waals surface area contributed by atoms with Gasteiger partial charge in [0, 0.05) is 19.1 Å². The highest BCUT2D eigenvalue weighted by atomic mass is 35.5. The fraction of sp³-hybridized carbons (Fsp3) is 1.00. The number of halogens is 1. The van der Waals surface area contributed by atoms with Gasteiger partial charge in [-0.2, -0.15) is 4.31 Å². The third kappa shape index (κ3) is 4.68. The Hall–Kier alpha value is 0.160. The first-order valence-electron chi connectivity index (χ1n) is 6.37. The van der Waals surface area contributed by atoms with Crippen LogP contribution in [0.5, 0.6) is 0 Å². The van der Waals surface area contributed by atoms with Gasteiger partial charge in [-0.3, -0.25) is 0 Å². The third-order valence-electron chi connectivity index (χ3n) is 3.28. The summed E-state index contributed by atoms with van der Waals surface area (Å²) in [5.74, 6) is 0.562. The molecule has 0 saturated carbocycles. The van der Waals surface area contributed by atoms with Crippen LogP contribution in [0.2, 0.25) is 0 Å². The van der Waals surface area contributed by atoms with Crippen molar-refractivity contribution in [1.29, 1.82) is 0 Å². The molecule has 110 valence electrons. The lowest BCUT2D eigenvalue weighted by Gasteiger charge is -2.39. The molecule has 0 spiro atoms. The summed E-state index contributed by atoms with van der Waals surface area (Å²) >= 11 is 0. The van der Waals surface area contributed by atoms with Gasteiger partial charge in [0.1, 0.15) is 0 Å². The molecule has 0 aliphatic carbocycles. The van der Waals surface area contributed by atoms with Crippen molar-refractivity contribution >= 4 is 22.4 Å². The van der Waals surface area contributed by atoms with E-state index in [0.717, 1.165) is 12.8 Å². The Morgan fingerprint density at radius 2 is 1.89 bits per heavy atom. The van der Waals surface area contributed by atoms with Crippen LogP contribution in [0.1, 0.15) is 40.5 Å². The van der Waals surface area contributed by atoms with Crippen molar-refractivity contribution in [2.24, 2.45) is 17.1 Å². The van der Waals surface area contributed by atoms with Gasteiger partial charge in [-0.05, 0) is 24.2 Å². The molecule has 0 aromatic heterocycles. The topological polar surface area (TPSA) is 63.4 Å². The number of nitrogens with two attached hydrogens (primary N) is 1. The summed E-state index contributed by atoms with van der Waals surface area (Å²) in [5, 5.41) is 0. The molecule has 2 atom stereocenters. The fourth-order valence-electron chi connectivity index (χ4n) is 2.54. The average Bonchev–Trinajstić information content (AvgIpc) is 2.13. The van der Waals surface area contributed by atoms with E-state index < -0.39 is 10.0 Å². The highest BCUT2D eigenvalue weighted by Crippen LogP contribution is 2.28. The van der Waals surface area contributed by atoms with E-state index in [0.29, 0.717) is 19.0 Å². The van der Waals surface area contributed by atoms with Gasteiger partial charge in [-0.1, -0.05) is 27.7 Å². The minimum absolute atomic E-state index is 0. The van der Waals surface area contributed by atoms with Crippen LogP contribution in [0.4, 0.5) is 0 Å². The van der Waals surface area contributed by atoms with Crippen molar-refractivity contribution in [2.45, 2.75) is 46.6 Å². The van der Waals surface area contributed by atoms with Crippen LogP contribution >= 0.6 is 12.4 Å². The van der Waals surface area contributed by atoms with E-state index in [2.05, 4.69) is 6.92 Å². The van der Waals surface area contributed by atoms with E-state index in [4.69, 9.17) is 5.73 Å². The van der Waals surface area contributed by atoms with Crippen LogP contribution in [0.3, 0.4) is 0 Å². The fourth-order valence-corrected chi connectivity index (χ4v) is 4.91. The van der Waals surface area contributed by atoms with Crippen molar-refractivity contribution in [2.75, 3.05) is 18.8 Å². The standard InChI is InChI=1S/C12H26N2O2S.ClH/c1-10-6-5-7-14(11(10)8-13)17(15,16)9-12(2,3)4;/h10-11H,5-9,13H2,1-4H3;1H. The Bertz CT molecular complexity index is 352. The molecular formula is C12H27ClN2O2S. The molecule has 1 saturated heterocycles. The molecule has 1 heterocycles. The predicted molar refractivity (Wildman–Crippen MR) is 78.4 cm³/mol. The minimum atomic E-state index is -3.18. The van der Waals surface area contributed by atoms with Gasteiger partial charge in [0.05, 0.1) is 5.75 Å². The monoisotopic (exact) mass is 298 g/mol. The lowest BCUT2D eigenvalue weighted by Crippen LogP contribution is -2.52. The summed E-state index contributed by atoms with van der Waals surface area (Å²) in [6.07, 6.45) is 2.02. The van der Waals surface area contributed by atoms with E-state index in [1.807, 2.05) is 20.8 Å². The molecule has 0 bridgehead atoms. The number of sulfonamides is 1. The molecule has 18 heavy (non-hydrogen) atoms. The Balaban J connectivity index is 0.00000289. The Morgan fingerprint density at radius 1 is 1.33 bits per heavy atom. The predicted octanol–water partition coefficient (Wildman–Crippen LogP) is 1.84. The zero-order chi connectivity index (χ0) is 13.3. The van der Waals surface area contributed by atoms with Gasteiger partial charge < -0.3 is 5.73 Å². The summed E-state index contributed by atoms with van der Waals surface area (Å²) < 4.78 is 26.4. The molecule has 0 radical (unpaired) electrons. The molecular weight excluding hydrogens is 272 g/mol. The van der Waals surface area contributed by atoms with Gasteiger partial charge in [0.15, 0.2) is 0 Å². The molecule has 2 N–H and O–H groups in total. The van der Waals surface area contributed by atoms with Crippen LogP contribution in [0.15, 0.2) is 0 Å². The highest BCUT2D eigenvalue weighted by Gasteiger charge is 2.37. The summed E-state index contributed by atoms with van der Waals surface area (Å²) in [5.41, 5.74) is 5.53. The zero-order valence-electron chi connectivity index (χ0n) is 11.8. The normalized spacial score (nSPS) is 26.7. The molecule has 1 rings (SSSR count). The molecule has 0 amide bonds. The van der Waals surface area contributed by atoms with Crippen molar-refractivity contribution in [3.8, 4) is 0 Å². The number of piperidine rings is 1. The van der Waals surface area contributed by atoms with E-state index in [9.17, 15) is 8.42 Å². The maximum Gasteiger partial charge on any atom is 0.214 e. The minimum Gasteiger partial charge on any atom is -0.329 e. The first-order chi connectivity index (χ1) is 7.67. The van der Waals surface area contributed by atoms with Gasteiger partial charge >= 0.3 is 0 Å². The molecule has 0 aromatic carbocycles. The second-order valence-electron chi connectivity index (χ2n) is 6.35. The van der Waals surface area contributed by atoms with Crippen LogP contribution in [-0.4, -0.2) is 37.6 Å². The number of rotatable bonds is 3. The maximum absolute atomic E-state index is 12.4. The quantitative estimate of drug-likeness (QED) is 0.865. The van der Waals surface area contributed by atoms with E-state index in [1.165, 1.54) is 0 Å². The van der Waals surface area contributed by atoms with Crippen LogP contribution in [0.25, 0.3) is 0 Å². The van der Waals surface area contributed by atoms with Crippen molar-refractivity contribution in [3.63, 3.8) is 0 Å². The summed E-state index contributed by atoms with van der Waals surface area (Å²) in [4.78, 5) is 0. The first-order valence-corrected chi connectivity index (χ1v) is 7.98. The molecule has 1 aliphatic heterocycles. The lowest BCUT2D eigenvalue weighted by molar-refractivity contribution is 0.190. The SMILES string of the molecule is CC1CCCN(S(=O)(=O)CC(C)(C)C)C1CN.Cl. The molecule has 1 fully saturated rings. The van der Waals surface area contributed by atoms with Gasteiger partial charge in [-0.25, -0.2) is 8.42 Å². The third-order valence-corrected chi connectivity index (χ3v) is 5.68. The highest BCUT2D eigenvalue weighted by molar-refractivity contribution is 7.89. The van der Waals surface area contributed by atoms with Gasteiger partial charge in [-0.15, -0.1) is 12.4 Å². The van der Waals surface area contributed by atoms with Crippen molar-refractivity contribution < 1.29 is 8.42 Å². The van der Waals surface area contributed by atoms with Gasteiger partial charge in [0.2, 0.25) is 10.0 Å². The van der Waals surface area contributed by atoms with Crippen molar-refractivity contribution in [3.05, 3.63) is 0 Å².